The van der Waals surface area contributed by atoms with Crippen molar-refractivity contribution in [2.24, 2.45) is 11.8 Å². The molecule has 2 aliphatic rings. The first-order chi connectivity index (χ1) is 7.74. The Morgan fingerprint density at radius 2 is 2.12 bits per heavy atom. The zero-order valence-electron chi connectivity index (χ0n) is 10.6. The summed E-state index contributed by atoms with van der Waals surface area (Å²) < 4.78 is 5.43. The molecule has 2 heteroatoms. The Kier molecular flexibility index (Phi) is 4.26. The lowest BCUT2D eigenvalue weighted by Crippen LogP contribution is -2.37. The predicted molar refractivity (Wildman–Crippen MR) is 65.4 cm³/mol. The number of hydrogen-bond donors (Lipinski definition) is 1. The fourth-order valence-electron chi connectivity index (χ4n) is 3.48. The van der Waals surface area contributed by atoms with Crippen LogP contribution in [-0.2, 0) is 4.74 Å². The van der Waals surface area contributed by atoms with E-state index in [2.05, 4.69) is 6.92 Å². The summed E-state index contributed by atoms with van der Waals surface area (Å²) in [7, 11) is 0. The highest BCUT2D eigenvalue weighted by atomic mass is 16.5. The molecule has 0 bridgehead atoms. The average molecular weight is 226 g/mol. The van der Waals surface area contributed by atoms with Gasteiger partial charge in [-0.1, -0.05) is 32.6 Å². The van der Waals surface area contributed by atoms with E-state index in [1.54, 1.807) is 0 Å². The number of rotatable bonds is 3. The maximum absolute atomic E-state index is 10.8. The minimum atomic E-state index is -0.404. The Bertz CT molecular complexity index is 211. The molecule has 2 fully saturated rings. The second kappa shape index (κ2) is 5.50. The van der Waals surface area contributed by atoms with Crippen LogP contribution in [0.25, 0.3) is 0 Å². The topological polar surface area (TPSA) is 29.5 Å². The summed E-state index contributed by atoms with van der Waals surface area (Å²) >= 11 is 0. The summed E-state index contributed by atoms with van der Waals surface area (Å²) in [6.07, 6.45) is 9.46. The van der Waals surface area contributed by atoms with E-state index in [9.17, 15) is 5.11 Å². The Morgan fingerprint density at radius 3 is 2.81 bits per heavy atom. The first-order valence-corrected chi connectivity index (χ1v) is 7.05. The van der Waals surface area contributed by atoms with Crippen molar-refractivity contribution in [1.82, 2.24) is 0 Å². The maximum Gasteiger partial charge on any atom is 0.0698 e. The van der Waals surface area contributed by atoms with Crippen molar-refractivity contribution in [1.29, 1.82) is 0 Å². The van der Waals surface area contributed by atoms with Crippen LogP contribution in [-0.4, -0.2) is 23.9 Å². The Morgan fingerprint density at radius 1 is 1.25 bits per heavy atom. The molecule has 1 aliphatic carbocycles. The van der Waals surface area contributed by atoms with E-state index in [1.165, 1.54) is 32.1 Å². The molecular weight excluding hydrogens is 200 g/mol. The van der Waals surface area contributed by atoms with Crippen LogP contribution in [0.4, 0.5) is 0 Å². The van der Waals surface area contributed by atoms with Crippen LogP contribution in [0, 0.1) is 11.8 Å². The van der Waals surface area contributed by atoms with Gasteiger partial charge in [-0.25, -0.2) is 0 Å². The van der Waals surface area contributed by atoms with Crippen molar-refractivity contribution in [3.63, 3.8) is 0 Å². The predicted octanol–water partition coefficient (Wildman–Crippen LogP) is 3.13. The van der Waals surface area contributed by atoms with Crippen molar-refractivity contribution in [3.05, 3.63) is 0 Å². The fraction of sp³-hybridized carbons (Fsp3) is 1.00. The van der Waals surface area contributed by atoms with E-state index in [0.717, 1.165) is 38.4 Å². The molecule has 0 radical (unpaired) electrons. The summed E-state index contributed by atoms with van der Waals surface area (Å²) in [5, 5.41) is 10.8. The fourth-order valence-corrected chi connectivity index (χ4v) is 3.48. The van der Waals surface area contributed by atoms with Crippen LogP contribution in [0.5, 0.6) is 0 Å². The van der Waals surface area contributed by atoms with Crippen LogP contribution in [0.2, 0.25) is 0 Å². The van der Waals surface area contributed by atoms with Crippen molar-refractivity contribution < 1.29 is 9.84 Å². The van der Waals surface area contributed by atoms with Gasteiger partial charge >= 0.3 is 0 Å². The molecule has 16 heavy (non-hydrogen) atoms. The molecule has 2 nitrogen and oxygen atoms in total. The highest BCUT2D eigenvalue weighted by Gasteiger charge is 2.39. The average Bonchev–Trinajstić information content (AvgIpc) is 2.74. The molecule has 0 aromatic carbocycles. The van der Waals surface area contributed by atoms with Crippen LogP contribution in [0.3, 0.4) is 0 Å². The minimum Gasteiger partial charge on any atom is -0.390 e. The molecule has 1 saturated carbocycles. The molecule has 94 valence electrons. The zero-order chi connectivity index (χ0) is 11.4. The van der Waals surface area contributed by atoms with Crippen LogP contribution < -0.4 is 0 Å². The van der Waals surface area contributed by atoms with Gasteiger partial charge in [-0.15, -0.1) is 0 Å². The largest absolute Gasteiger partial charge is 0.390 e. The molecular formula is C14H26O2. The molecule has 0 amide bonds. The van der Waals surface area contributed by atoms with Gasteiger partial charge in [0.15, 0.2) is 0 Å². The highest BCUT2D eigenvalue weighted by Crippen LogP contribution is 2.39. The molecule has 1 aliphatic heterocycles. The van der Waals surface area contributed by atoms with E-state index < -0.39 is 5.60 Å². The molecule has 0 aromatic rings. The van der Waals surface area contributed by atoms with Crippen molar-refractivity contribution >= 4 is 0 Å². The van der Waals surface area contributed by atoms with Gasteiger partial charge in [0.05, 0.1) is 12.2 Å². The van der Waals surface area contributed by atoms with Crippen molar-refractivity contribution in [3.8, 4) is 0 Å². The number of ether oxygens (including phenoxy) is 1. The third kappa shape index (κ3) is 2.78. The molecule has 0 aromatic heterocycles. The van der Waals surface area contributed by atoms with Gasteiger partial charge in [0.2, 0.25) is 0 Å². The Labute approximate surface area is 99.4 Å². The maximum atomic E-state index is 10.8. The molecule has 3 unspecified atom stereocenters. The smallest absolute Gasteiger partial charge is 0.0698 e. The van der Waals surface area contributed by atoms with E-state index >= 15 is 0 Å². The van der Waals surface area contributed by atoms with Gasteiger partial charge in [0, 0.05) is 12.5 Å². The van der Waals surface area contributed by atoms with Crippen molar-refractivity contribution in [2.45, 2.75) is 63.9 Å². The SMILES string of the molecule is CCCC1CCCC(O)(C2CCOC2)CC1. The second-order valence-electron chi connectivity index (χ2n) is 5.75. The molecule has 3 atom stereocenters. The number of hydrogen-bond acceptors (Lipinski definition) is 2. The summed E-state index contributed by atoms with van der Waals surface area (Å²) in [6.45, 7) is 3.90. The lowest BCUT2D eigenvalue weighted by Gasteiger charge is -2.32. The molecule has 1 saturated heterocycles. The van der Waals surface area contributed by atoms with E-state index in [-0.39, 0.29) is 0 Å². The summed E-state index contributed by atoms with van der Waals surface area (Å²) in [5.74, 6) is 1.27. The van der Waals surface area contributed by atoms with Crippen LogP contribution >= 0.6 is 0 Å². The highest BCUT2D eigenvalue weighted by molar-refractivity contribution is 4.91. The third-order valence-corrected chi connectivity index (χ3v) is 4.59. The first kappa shape index (κ1) is 12.4. The minimum absolute atomic E-state index is 0.404. The zero-order valence-corrected chi connectivity index (χ0v) is 10.6. The van der Waals surface area contributed by atoms with Crippen LogP contribution in [0.15, 0.2) is 0 Å². The first-order valence-electron chi connectivity index (χ1n) is 7.05. The lowest BCUT2D eigenvalue weighted by atomic mass is 9.80. The second-order valence-corrected chi connectivity index (χ2v) is 5.75. The Balaban J connectivity index is 1.90. The summed E-state index contributed by atoms with van der Waals surface area (Å²) in [5.41, 5.74) is -0.404. The molecule has 1 N–H and O–H groups in total. The van der Waals surface area contributed by atoms with Crippen molar-refractivity contribution in [2.75, 3.05) is 13.2 Å². The lowest BCUT2D eigenvalue weighted by molar-refractivity contribution is -0.0351. The van der Waals surface area contributed by atoms with Crippen LogP contribution in [0.1, 0.15) is 58.3 Å². The van der Waals surface area contributed by atoms with Gasteiger partial charge in [-0.05, 0) is 31.6 Å². The normalized spacial score (nSPS) is 40.9. The van der Waals surface area contributed by atoms with Gasteiger partial charge in [0.25, 0.3) is 0 Å². The van der Waals surface area contributed by atoms with Gasteiger partial charge in [-0.2, -0.15) is 0 Å². The standard InChI is InChI=1S/C14H26O2/c1-2-4-12-5-3-8-14(15,9-6-12)13-7-10-16-11-13/h12-13,15H,2-11H2,1H3. The van der Waals surface area contributed by atoms with E-state index in [4.69, 9.17) is 4.74 Å². The quantitative estimate of drug-likeness (QED) is 0.749. The molecule has 0 spiro atoms. The van der Waals surface area contributed by atoms with Gasteiger partial charge < -0.3 is 9.84 Å². The Hall–Kier alpha value is -0.0800. The van der Waals surface area contributed by atoms with Gasteiger partial charge in [0.1, 0.15) is 0 Å². The van der Waals surface area contributed by atoms with E-state index in [0.29, 0.717) is 5.92 Å². The third-order valence-electron chi connectivity index (χ3n) is 4.59. The van der Waals surface area contributed by atoms with Gasteiger partial charge in [-0.3, -0.25) is 0 Å². The summed E-state index contributed by atoms with van der Waals surface area (Å²) in [6, 6.07) is 0. The monoisotopic (exact) mass is 226 g/mol. The number of aliphatic hydroxyl groups is 1. The molecule has 2 rings (SSSR count). The summed E-state index contributed by atoms with van der Waals surface area (Å²) in [4.78, 5) is 0. The van der Waals surface area contributed by atoms with E-state index in [1.807, 2.05) is 0 Å². The molecule has 1 heterocycles.